The van der Waals surface area contributed by atoms with E-state index in [9.17, 15) is 10.1 Å². The molecule has 1 rings (SSSR count). The number of aliphatic hydroxyl groups excluding tert-OH is 1. The summed E-state index contributed by atoms with van der Waals surface area (Å²) in [5, 5.41) is 19.5. The third-order valence-corrected chi connectivity index (χ3v) is 1.94. The van der Waals surface area contributed by atoms with Crippen LogP contribution in [0.5, 0.6) is 0 Å². The molecule has 14 heavy (non-hydrogen) atoms. The SMILES string of the molecule is COC1=C(CO)C=CC=C([N+](=O)[O-])C1. The van der Waals surface area contributed by atoms with Crippen LogP contribution >= 0.6 is 0 Å². The normalized spacial score (nSPS) is 16.3. The minimum atomic E-state index is -0.455. The highest BCUT2D eigenvalue weighted by molar-refractivity contribution is 5.31. The average Bonchev–Trinajstić information content (AvgIpc) is 2.38. The Morgan fingerprint density at radius 3 is 2.93 bits per heavy atom. The standard InChI is InChI=1S/C9H11NO4/c1-14-9-5-8(10(12)13)4-2-3-7(9)6-11/h2-4,11H,5-6H2,1H3. The Hall–Kier alpha value is -1.62. The Balaban J connectivity index is 2.98. The minimum Gasteiger partial charge on any atom is -0.500 e. The zero-order valence-corrected chi connectivity index (χ0v) is 7.77. The van der Waals surface area contributed by atoms with Gasteiger partial charge in [-0.3, -0.25) is 10.1 Å². The Kier molecular flexibility index (Phi) is 3.41. The molecule has 0 heterocycles. The number of ether oxygens (including phenoxy) is 1. The van der Waals surface area contributed by atoms with Crippen LogP contribution in [0.2, 0.25) is 0 Å². The summed E-state index contributed by atoms with van der Waals surface area (Å²) in [7, 11) is 1.43. The molecule has 0 unspecified atom stereocenters. The second kappa shape index (κ2) is 4.57. The summed E-state index contributed by atoms with van der Waals surface area (Å²) >= 11 is 0. The highest BCUT2D eigenvalue weighted by Crippen LogP contribution is 2.20. The van der Waals surface area contributed by atoms with Crippen molar-refractivity contribution in [3.05, 3.63) is 45.4 Å². The molecule has 0 aromatic rings. The lowest BCUT2D eigenvalue weighted by atomic mass is 10.2. The molecule has 5 nitrogen and oxygen atoms in total. The molecule has 0 bridgehead atoms. The molecule has 1 N–H and O–H groups in total. The van der Waals surface area contributed by atoms with Crippen molar-refractivity contribution in [3.8, 4) is 0 Å². The molecule has 0 atom stereocenters. The maximum atomic E-state index is 10.5. The molecule has 1 aliphatic carbocycles. The van der Waals surface area contributed by atoms with Crippen LogP contribution in [0.1, 0.15) is 6.42 Å². The van der Waals surface area contributed by atoms with Crippen molar-refractivity contribution in [2.45, 2.75) is 6.42 Å². The summed E-state index contributed by atoms with van der Waals surface area (Å²) in [5.41, 5.74) is 0.627. The molecule has 0 amide bonds. The van der Waals surface area contributed by atoms with Gasteiger partial charge in [0.15, 0.2) is 0 Å². The maximum Gasteiger partial charge on any atom is 0.253 e. The second-order valence-electron chi connectivity index (χ2n) is 2.76. The zero-order chi connectivity index (χ0) is 10.6. The number of methoxy groups -OCH3 is 1. The quantitative estimate of drug-likeness (QED) is 0.541. The Morgan fingerprint density at radius 1 is 1.71 bits per heavy atom. The number of rotatable bonds is 3. The van der Waals surface area contributed by atoms with Crippen molar-refractivity contribution < 1.29 is 14.8 Å². The van der Waals surface area contributed by atoms with E-state index in [1.807, 2.05) is 0 Å². The van der Waals surface area contributed by atoms with Gasteiger partial charge in [-0.15, -0.1) is 0 Å². The molecule has 0 radical (unpaired) electrons. The van der Waals surface area contributed by atoms with E-state index in [0.29, 0.717) is 11.3 Å². The summed E-state index contributed by atoms with van der Waals surface area (Å²) < 4.78 is 4.98. The topological polar surface area (TPSA) is 72.6 Å². The number of allylic oxidation sites excluding steroid dienone is 2. The van der Waals surface area contributed by atoms with Crippen molar-refractivity contribution >= 4 is 0 Å². The highest BCUT2D eigenvalue weighted by Gasteiger charge is 2.17. The van der Waals surface area contributed by atoms with Gasteiger partial charge in [0.25, 0.3) is 5.70 Å². The van der Waals surface area contributed by atoms with Crippen molar-refractivity contribution in [1.82, 2.24) is 0 Å². The lowest BCUT2D eigenvalue weighted by molar-refractivity contribution is -0.427. The molecular weight excluding hydrogens is 186 g/mol. The summed E-state index contributed by atoms with van der Waals surface area (Å²) in [6.07, 6.45) is 4.65. The zero-order valence-electron chi connectivity index (χ0n) is 7.77. The average molecular weight is 197 g/mol. The van der Waals surface area contributed by atoms with Gasteiger partial charge >= 0.3 is 0 Å². The Bertz CT molecular complexity index is 328. The predicted octanol–water partition coefficient (Wildman–Crippen LogP) is 1.000. The van der Waals surface area contributed by atoms with E-state index in [1.54, 1.807) is 6.08 Å². The van der Waals surface area contributed by atoms with Gasteiger partial charge in [-0.05, 0) is 0 Å². The lowest BCUT2D eigenvalue weighted by Crippen LogP contribution is -2.03. The largest absolute Gasteiger partial charge is 0.500 e. The molecule has 0 spiro atoms. The van der Waals surface area contributed by atoms with Gasteiger partial charge in [-0.2, -0.15) is 0 Å². The lowest BCUT2D eigenvalue weighted by Gasteiger charge is -2.06. The molecule has 0 aliphatic heterocycles. The van der Waals surface area contributed by atoms with E-state index in [0.717, 1.165) is 0 Å². The van der Waals surface area contributed by atoms with E-state index in [2.05, 4.69) is 0 Å². The molecule has 0 fully saturated rings. The maximum absolute atomic E-state index is 10.5. The van der Waals surface area contributed by atoms with Crippen molar-refractivity contribution in [1.29, 1.82) is 0 Å². The fourth-order valence-corrected chi connectivity index (χ4v) is 1.17. The van der Waals surface area contributed by atoms with Gasteiger partial charge in [0.05, 0.1) is 25.1 Å². The van der Waals surface area contributed by atoms with Crippen LogP contribution in [0.3, 0.4) is 0 Å². The van der Waals surface area contributed by atoms with Gasteiger partial charge < -0.3 is 9.84 Å². The summed E-state index contributed by atoms with van der Waals surface area (Å²) in [6, 6.07) is 0. The van der Waals surface area contributed by atoms with Crippen LogP contribution in [0, 0.1) is 10.1 Å². The molecule has 0 saturated heterocycles. The molecular formula is C9H11NO4. The summed E-state index contributed by atoms with van der Waals surface area (Å²) in [5.74, 6) is 0.434. The minimum absolute atomic E-state index is 0.0570. The van der Waals surface area contributed by atoms with Crippen molar-refractivity contribution in [3.63, 3.8) is 0 Å². The van der Waals surface area contributed by atoms with Crippen LogP contribution in [0.4, 0.5) is 0 Å². The number of nitro groups is 1. The van der Waals surface area contributed by atoms with Crippen LogP contribution in [-0.2, 0) is 4.74 Å². The monoisotopic (exact) mass is 197 g/mol. The van der Waals surface area contributed by atoms with Crippen molar-refractivity contribution in [2.24, 2.45) is 0 Å². The number of aliphatic hydroxyl groups is 1. The first-order valence-corrected chi connectivity index (χ1v) is 4.07. The number of hydrogen-bond acceptors (Lipinski definition) is 4. The van der Waals surface area contributed by atoms with Gasteiger partial charge in [0.2, 0.25) is 0 Å². The molecule has 5 heteroatoms. The highest BCUT2D eigenvalue weighted by atomic mass is 16.6. The molecule has 76 valence electrons. The summed E-state index contributed by atoms with van der Waals surface area (Å²) in [4.78, 5) is 10.1. The van der Waals surface area contributed by atoms with Crippen molar-refractivity contribution in [2.75, 3.05) is 13.7 Å². The van der Waals surface area contributed by atoms with Gasteiger partial charge in [-0.25, -0.2) is 0 Å². The third-order valence-electron chi connectivity index (χ3n) is 1.94. The molecule has 0 aromatic carbocycles. The molecule has 1 aliphatic rings. The first kappa shape index (κ1) is 10.5. The van der Waals surface area contributed by atoms with Crippen LogP contribution in [-0.4, -0.2) is 23.7 Å². The third kappa shape index (κ3) is 2.20. The van der Waals surface area contributed by atoms with E-state index in [1.165, 1.54) is 19.3 Å². The van der Waals surface area contributed by atoms with Crippen LogP contribution in [0.25, 0.3) is 0 Å². The first-order valence-electron chi connectivity index (χ1n) is 4.07. The van der Waals surface area contributed by atoms with E-state index in [-0.39, 0.29) is 18.7 Å². The van der Waals surface area contributed by atoms with E-state index < -0.39 is 4.92 Å². The smallest absolute Gasteiger partial charge is 0.253 e. The van der Waals surface area contributed by atoms with Crippen LogP contribution in [0.15, 0.2) is 35.3 Å². The number of hydrogen-bond donors (Lipinski definition) is 1. The van der Waals surface area contributed by atoms with E-state index >= 15 is 0 Å². The second-order valence-corrected chi connectivity index (χ2v) is 2.76. The molecule has 0 aromatic heterocycles. The fraction of sp³-hybridized carbons (Fsp3) is 0.333. The van der Waals surface area contributed by atoms with Crippen LogP contribution < -0.4 is 0 Å². The van der Waals surface area contributed by atoms with E-state index in [4.69, 9.17) is 9.84 Å². The Labute approximate surface area is 81.1 Å². The fourth-order valence-electron chi connectivity index (χ4n) is 1.17. The number of nitrogens with zero attached hydrogens (tertiary/aromatic N) is 1. The van der Waals surface area contributed by atoms with Gasteiger partial charge in [0.1, 0.15) is 5.76 Å². The van der Waals surface area contributed by atoms with Gasteiger partial charge in [-0.1, -0.05) is 12.2 Å². The Morgan fingerprint density at radius 2 is 2.43 bits per heavy atom. The molecule has 0 saturated carbocycles. The predicted molar refractivity (Wildman–Crippen MR) is 50.0 cm³/mol. The van der Waals surface area contributed by atoms with Gasteiger partial charge in [0, 0.05) is 11.6 Å². The summed E-state index contributed by atoms with van der Waals surface area (Å²) in [6.45, 7) is -0.182. The first-order chi connectivity index (χ1) is 6.69.